The standard InChI is InChI=1S/C45H63N11O5S2/c1-3-4-9-38-53-40-41(56(38)28-31-17-21-61-22-18-31)42-36(52-43(40)47)23-37(62-42)33-15-19-54(20-16-33)44(58)34-13-11-30(12-14-34)27-55(48)29-35(46)26-49-39(57)10-7-5-6-8-32-24-50-45(51-25-32)63(2,59)60/h23-25,29-31,33-34H,3-5,7,9-22,26-28,46,48H2,1-2H3,(H2,47,52)(H,49,57)/b35-29-. The fourth-order valence-electron chi connectivity index (χ4n) is 9.06. The molecule has 340 valence electrons. The van der Waals surface area contributed by atoms with E-state index in [1.807, 2.05) is 11.3 Å². The van der Waals surface area contributed by atoms with Gasteiger partial charge in [0.2, 0.25) is 26.8 Å². The monoisotopic (exact) mass is 901 g/mol. The molecule has 0 atom stereocenters. The second-order valence-electron chi connectivity index (χ2n) is 17.5. The number of aromatic nitrogens is 5. The number of carbonyl (C=O) groups excluding carboxylic acids is 2. The number of fused-ring (bicyclic) bond motifs is 3. The van der Waals surface area contributed by atoms with Crippen LogP contribution in [0.3, 0.4) is 0 Å². The van der Waals surface area contributed by atoms with Gasteiger partial charge in [0.1, 0.15) is 11.3 Å². The van der Waals surface area contributed by atoms with Crippen LogP contribution in [0.2, 0.25) is 0 Å². The number of aryl methyl sites for hydroxylation is 1. The normalized spacial score (nSPS) is 19.3. The molecule has 4 aromatic rings. The Morgan fingerprint density at radius 2 is 1.76 bits per heavy atom. The second-order valence-corrected chi connectivity index (χ2v) is 20.5. The SMILES string of the molecule is CCCCc1nc2c(N)nc3cc(C4CCN(C(=O)C5CCC(CN(N)/C=C(\N)CNC(=O)CCCC#Cc6cnc(S(C)(=O)=O)nc6)CC5)CC4)sc3c2n1CC1CCOCC1. The first kappa shape index (κ1) is 46.2. The van der Waals surface area contributed by atoms with Crippen molar-refractivity contribution in [3.05, 3.63) is 46.6 Å². The lowest BCUT2D eigenvalue weighted by atomic mass is 9.81. The molecular formula is C45H63N11O5S2. The number of nitrogens with two attached hydrogens (primary N) is 3. The number of nitrogen functional groups attached to an aromatic ring is 1. The van der Waals surface area contributed by atoms with E-state index in [1.165, 1.54) is 22.0 Å². The number of anilines is 1. The first-order valence-corrected chi connectivity index (χ1v) is 25.3. The molecule has 4 aromatic heterocycles. The summed E-state index contributed by atoms with van der Waals surface area (Å²) in [4.78, 5) is 47.1. The van der Waals surface area contributed by atoms with E-state index in [1.54, 1.807) is 11.2 Å². The number of ether oxygens (including phenoxy) is 1. The number of hydrogen-bond donors (Lipinski definition) is 4. The zero-order valence-electron chi connectivity index (χ0n) is 36.7. The van der Waals surface area contributed by atoms with Gasteiger partial charge in [-0.2, -0.15) is 0 Å². The van der Waals surface area contributed by atoms with Crippen molar-refractivity contribution in [3.8, 4) is 11.8 Å². The van der Waals surface area contributed by atoms with Crippen molar-refractivity contribution in [3.63, 3.8) is 0 Å². The Balaban J connectivity index is 0.836. The lowest BCUT2D eigenvalue weighted by molar-refractivity contribution is -0.138. The number of imidazole rings is 1. The summed E-state index contributed by atoms with van der Waals surface area (Å²) in [7, 11) is -3.46. The average Bonchev–Trinajstić information content (AvgIpc) is 3.86. The van der Waals surface area contributed by atoms with Crippen molar-refractivity contribution in [2.24, 2.45) is 29.3 Å². The summed E-state index contributed by atoms with van der Waals surface area (Å²) >= 11 is 1.84. The minimum absolute atomic E-state index is 0.0380. The highest BCUT2D eigenvalue weighted by molar-refractivity contribution is 7.90. The number of rotatable bonds is 16. The van der Waals surface area contributed by atoms with Crippen LogP contribution in [0.5, 0.6) is 0 Å². The number of amides is 2. The van der Waals surface area contributed by atoms with Gasteiger partial charge in [-0.05, 0) is 88.0 Å². The summed E-state index contributed by atoms with van der Waals surface area (Å²) in [6, 6.07) is 2.24. The molecule has 0 bridgehead atoms. The molecular weight excluding hydrogens is 839 g/mol. The van der Waals surface area contributed by atoms with Crippen molar-refractivity contribution in [2.45, 2.75) is 114 Å². The first-order valence-electron chi connectivity index (χ1n) is 22.6. The minimum Gasteiger partial charge on any atom is -0.399 e. The molecule has 0 radical (unpaired) electrons. The lowest BCUT2D eigenvalue weighted by Gasteiger charge is -2.36. The molecule has 63 heavy (non-hydrogen) atoms. The van der Waals surface area contributed by atoms with Gasteiger partial charge in [0.05, 0.1) is 27.8 Å². The van der Waals surface area contributed by atoms with Crippen LogP contribution in [-0.2, 0) is 37.1 Å². The molecule has 7 rings (SSSR count). The van der Waals surface area contributed by atoms with Gasteiger partial charge in [-0.3, -0.25) is 9.59 Å². The molecule has 0 aromatic carbocycles. The van der Waals surface area contributed by atoms with Crippen LogP contribution >= 0.6 is 11.3 Å². The summed E-state index contributed by atoms with van der Waals surface area (Å²) in [5.41, 5.74) is 16.7. The van der Waals surface area contributed by atoms with Crippen LogP contribution in [-0.4, -0.2) is 100 Å². The van der Waals surface area contributed by atoms with Crippen LogP contribution in [0.25, 0.3) is 21.3 Å². The summed E-state index contributed by atoms with van der Waals surface area (Å²) in [6.45, 7) is 7.11. The van der Waals surface area contributed by atoms with Gasteiger partial charge in [-0.25, -0.2) is 34.2 Å². The molecule has 7 N–H and O–H groups in total. The number of hydrazine groups is 1. The highest BCUT2D eigenvalue weighted by atomic mass is 32.2. The van der Waals surface area contributed by atoms with Crippen LogP contribution in [0.15, 0.2) is 35.5 Å². The maximum absolute atomic E-state index is 13.8. The summed E-state index contributed by atoms with van der Waals surface area (Å²) in [6.07, 6.45) is 17.4. The second kappa shape index (κ2) is 21.2. The zero-order valence-corrected chi connectivity index (χ0v) is 38.3. The predicted octanol–water partition coefficient (Wildman–Crippen LogP) is 5.02. The predicted molar refractivity (Wildman–Crippen MR) is 246 cm³/mol. The number of sulfone groups is 1. The molecule has 18 heteroatoms. The van der Waals surface area contributed by atoms with E-state index in [2.05, 4.69) is 49.6 Å². The topological polar surface area (TPSA) is 231 Å². The number of piperidine rings is 1. The van der Waals surface area contributed by atoms with Crippen molar-refractivity contribution in [2.75, 3.05) is 51.4 Å². The largest absolute Gasteiger partial charge is 0.399 e. The molecule has 2 saturated heterocycles. The lowest BCUT2D eigenvalue weighted by Crippen LogP contribution is -2.43. The van der Waals surface area contributed by atoms with Crippen LogP contribution < -0.4 is 22.6 Å². The number of likely N-dealkylation sites (tertiary alicyclic amines) is 1. The maximum Gasteiger partial charge on any atom is 0.246 e. The number of hydrogen-bond acceptors (Lipinski definition) is 14. The average molecular weight is 902 g/mol. The van der Waals surface area contributed by atoms with Gasteiger partial charge >= 0.3 is 0 Å². The highest BCUT2D eigenvalue weighted by Gasteiger charge is 2.33. The molecule has 0 spiro atoms. The fourth-order valence-corrected chi connectivity index (χ4v) is 10.9. The Bertz CT molecular complexity index is 2420. The fraction of sp³-hybridized carbons (Fsp3) is 0.600. The first-order chi connectivity index (χ1) is 30.4. The number of pyridine rings is 1. The molecule has 3 aliphatic rings. The van der Waals surface area contributed by atoms with Crippen LogP contribution in [0, 0.1) is 29.6 Å². The molecule has 2 amide bonds. The Morgan fingerprint density at radius 3 is 2.46 bits per heavy atom. The number of thiophene rings is 1. The third-order valence-electron chi connectivity index (χ3n) is 12.6. The van der Waals surface area contributed by atoms with E-state index in [0.717, 1.165) is 132 Å². The van der Waals surface area contributed by atoms with Gasteiger partial charge in [0, 0.05) is 100.0 Å². The van der Waals surface area contributed by atoms with Crippen molar-refractivity contribution in [1.29, 1.82) is 0 Å². The third kappa shape index (κ3) is 12.0. The van der Waals surface area contributed by atoms with Crippen molar-refractivity contribution < 1.29 is 22.7 Å². The van der Waals surface area contributed by atoms with E-state index in [0.29, 0.717) is 54.2 Å². The Hall–Kier alpha value is -4.83. The van der Waals surface area contributed by atoms with Gasteiger partial charge in [0.25, 0.3) is 0 Å². The number of nitrogens with one attached hydrogen (secondary N) is 1. The van der Waals surface area contributed by atoms with Crippen LogP contribution in [0.1, 0.15) is 113 Å². The molecule has 1 saturated carbocycles. The summed E-state index contributed by atoms with van der Waals surface area (Å²) in [5, 5.41) is 4.17. The van der Waals surface area contributed by atoms with E-state index < -0.39 is 9.84 Å². The molecule has 1 aliphatic carbocycles. The van der Waals surface area contributed by atoms with E-state index in [4.69, 9.17) is 32.0 Å². The van der Waals surface area contributed by atoms with Crippen molar-refractivity contribution >= 4 is 60.1 Å². The highest BCUT2D eigenvalue weighted by Crippen LogP contribution is 2.41. The van der Waals surface area contributed by atoms with E-state index in [-0.39, 0.29) is 35.9 Å². The smallest absolute Gasteiger partial charge is 0.246 e. The minimum atomic E-state index is -3.46. The quantitative estimate of drug-likeness (QED) is 0.0381. The maximum atomic E-state index is 13.8. The van der Waals surface area contributed by atoms with E-state index in [9.17, 15) is 18.0 Å². The number of nitrogens with zero attached hydrogens (tertiary/aromatic N) is 7. The van der Waals surface area contributed by atoms with Gasteiger partial charge in [-0.15, -0.1) is 11.3 Å². The van der Waals surface area contributed by atoms with Crippen molar-refractivity contribution in [1.82, 2.24) is 39.7 Å². The number of unbranched alkanes of at least 4 members (excludes halogenated alkanes) is 2. The summed E-state index contributed by atoms with van der Waals surface area (Å²) in [5.74, 6) is 15.2. The molecule has 3 fully saturated rings. The van der Waals surface area contributed by atoms with Gasteiger partial charge < -0.3 is 36.0 Å². The summed E-state index contributed by atoms with van der Waals surface area (Å²) < 4.78 is 32.3. The van der Waals surface area contributed by atoms with Gasteiger partial charge in [0.15, 0.2) is 5.82 Å². The zero-order chi connectivity index (χ0) is 44.5. The number of carbonyl (C=O) groups is 2. The van der Waals surface area contributed by atoms with Crippen LogP contribution in [0.4, 0.5) is 5.82 Å². The molecule has 16 nitrogen and oxygen atoms in total. The van der Waals surface area contributed by atoms with Gasteiger partial charge in [-0.1, -0.05) is 25.2 Å². The Morgan fingerprint density at radius 1 is 1.03 bits per heavy atom. The Labute approximate surface area is 374 Å². The third-order valence-corrected chi connectivity index (χ3v) is 14.8. The molecule has 0 unspecified atom stereocenters. The molecule has 2 aliphatic heterocycles. The Kier molecular flexibility index (Phi) is 15.6. The molecule has 6 heterocycles. The van der Waals surface area contributed by atoms with E-state index >= 15 is 0 Å².